The maximum atomic E-state index is 9.34. The van der Waals surface area contributed by atoms with E-state index in [1.54, 1.807) is 13.4 Å². The fourth-order valence-corrected chi connectivity index (χ4v) is 2.44. The summed E-state index contributed by atoms with van der Waals surface area (Å²) in [5.74, 6) is 2.71. The second kappa shape index (κ2) is 6.06. The summed E-state index contributed by atoms with van der Waals surface area (Å²) in [7, 11) is 3.62. The lowest BCUT2D eigenvalue weighted by atomic mass is 9.82. The van der Waals surface area contributed by atoms with Crippen LogP contribution in [0.15, 0.2) is 6.33 Å². The summed E-state index contributed by atoms with van der Waals surface area (Å²) in [6.45, 7) is 3.67. The Morgan fingerprint density at radius 1 is 1.47 bits per heavy atom. The van der Waals surface area contributed by atoms with Crippen molar-refractivity contribution in [3.8, 4) is 5.75 Å². The number of anilines is 2. The Kier molecular flexibility index (Phi) is 4.42. The van der Waals surface area contributed by atoms with Crippen LogP contribution in [0.5, 0.6) is 5.75 Å². The first-order valence-corrected chi connectivity index (χ1v) is 6.67. The van der Waals surface area contributed by atoms with Crippen LogP contribution in [0.3, 0.4) is 0 Å². The normalized spacial score (nSPS) is 21.7. The summed E-state index contributed by atoms with van der Waals surface area (Å²) in [6.07, 6.45) is 3.17. The van der Waals surface area contributed by atoms with Crippen molar-refractivity contribution in [3.63, 3.8) is 0 Å². The van der Waals surface area contributed by atoms with Crippen LogP contribution in [0.25, 0.3) is 0 Å². The highest BCUT2D eigenvalue weighted by atomic mass is 16.5. The Morgan fingerprint density at radius 2 is 2.21 bits per heavy atom. The largest absolute Gasteiger partial charge is 0.490 e. The molecule has 0 aromatic carbocycles. The SMILES string of the molecule is CCNc1ncnc(N(C)CC2CC(O)C2)c1OC. The van der Waals surface area contributed by atoms with E-state index in [4.69, 9.17) is 4.74 Å². The van der Waals surface area contributed by atoms with Crippen LogP contribution in [-0.2, 0) is 0 Å². The average Bonchev–Trinajstić information content (AvgIpc) is 2.37. The van der Waals surface area contributed by atoms with E-state index >= 15 is 0 Å². The summed E-state index contributed by atoms with van der Waals surface area (Å²) in [6, 6.07) is 0. The molecular formula is C13H22N4O2. The van der Waals surface area contributed by atoms with Gasteiger partial charge in [0.15, 0.2) is 11.6 Å². The van der Waals surface area contributed by atoms with Gasteiger partial charge >= 0.3 is 0 Å². The Morgan fingerprint density at radius 3 is 2.79 bits per heavy atom. The van der Waals surface area contributed by atoms with Crippen molar-refractivity contribution >= 4 is 11.6 Å². The molecule has 106 valence electrons. The van der Waals surface area contributed by atoms with Crippen molar-refractivity contribution in [2.45, 2.75) is 25.9 Å². The average molecular weight is 266 g/mol. The third-order valence-electron chi connectivity index (χ3n) is 3.44. The van der Waals surface area contributed by atoms with Crippen molar-refractivity contribution in [2.75, 3.05) is 37.5 Å². The fraction of sp³-hybridized carbons (Fsp3) is 0.692. The molecule has 0 amide bonds. The molecule has 19 heavy (non-hydrogen) atoms. The predicted molar refractivity (Wildman–Crippen MR) is 74.7 cm³/mol. The number of nitrogens with one attached hydrogen (secondary N) is 1. The highest BCUT2D eigenvalue weighted by Gasteiger charge is 2.29. The number of aliphatic hydroxyl groups is 1. The molecule has 1 saturated carbocycles. The number of hydrogen-bond donors (Lipinski definition) is 2. The number of aromatic nitrogens is 2. The lowest BCUT2D eigenvalue weighted by Crippen LogP contribution is -2.37. The molecule has 0 unspecified atom stereocenters. The lowest BCUT2D eigenvalue weighted by Gasteiger charge is -2.35. The molecule has 0 aliphatic heterocycles. The van der Waals surface area contributed by atoms with Crippen molar-refractivity contribution in [1.82, 2.24) is 9.97 Å². The molecule has 1 aliphatic rings. The van der Waals surface area contributed by atoms with Crippen LogP contribution >= 0.6 is 0 Å². The van der Waals surface area contributed by atoms with Gasteiger partial charge in [-0.1, -0.05) is 0 Å². The minimum Gasteiger partial charge on any atom is -0.490 e. The highest BCUT2D eigenvalue weighted by Crippen LogP contribution is 2.34. The molecule has 0 spiro atoms. The van der Waals surface area contributed by atoms with Gasteiger partial charge in [-0.15, -0.1) is 0 Å². The van der Waals surface area contributed by atoms with Gasteiger partial charge in [0.05, 0.1) is 13.2 Å². The van der Waals surface area contributed by atoms with Gasteiger partial charge in [-0.3, -0.25) is 0 Å². The Labute approximate surface area is 113 Å². The highest BCUT2D eigenvalue weighted by molar-refractivity contribution is 5.64. The van der Waals surface area contributed by atoms with Gasteiger partial charge in [0.1, 0.15) is 6.33 Å². The third-order valence-corrected chi connectivity index (χ3v) is 3.44. The number of ether oxygens (including phenoxy) is 1. The monoisotopic (exact) mass is 266 g/mol. The second-order valence-electron chi connectivity index (χ2n) is 4.98. The molecule has 1 aromatic rings. The van der Waals surface area contributed by atoms with Crippen LogP contribution in [-0.4, -0.2) is 48.4 Å². The first-order valence-electron chi connectivity index (χ1n) is 6.67. The molecule has 1 fully saturated rings. The molecule has 2 rings (SSSR count). The summed E-state index contributed by atoms with van der Waals surface area (Å²) >= 11 is 0. The zero-order chi connectivity index (χ0) is 13.8. The minimum absolute atomic E-state index is 0.122. The standard InChI is InChI=1S/C13H22N4O2/c1-4-14-12-11(19-3)13(16-8-15-12)17(2)7-9-5-10(18)6-9/h8-10,18H,4-7H2,1-3H3,(H,14,15,16). The maximum Gasteiger partial charge on any atom is 0.204 e. The molecule has 1 heterocycles. The van der Waals surface area contributed by atoms with E-state index in [2.05, 4.69) is 20.2 Å². The first-order chi connectivity index (χ1) is 9.15. The van der Waals surface area contributed by atoms with Crippen LogP contribution in [0, 0.1) is 5.92 Å². The molecule has 6 heteroatoms. The number of aliphatic hydroxyl groups excluding tert-OH is 1. The number of nitrogens with zero attached hydrogens (tertiary/aromatic N) is 3. The Balaban J connectivity index is 2.11. The molecule has 0 atom stereocenters. The molecule has 2 N–H and O–H groups in total. The van der Waals surface area contributed by atoms with E-state index in [0.717, 1.165) is 37.6 Å². The van der Waals surface area contributed by atoms with E-state index in [-0.39, 0.29) is 6.10 Å². The van der Waals surface area contributed by atoms with Crippen molar-refractivity contribution in [1.29, 1.82) is 0 Å². The summed E-state index contributed by atoms with van der Waals surface area (Å²) in [5, 5.41) is 12.5. The molecule has 0 saturated heterocycles. The second-order valence-corrected chi connectivity index (χ2v) is 4.98. The van der Waals surface area contributed by atoms with Crippen molar-refractivity contribution in [2.24, 2.45) is 5.92 Å². The van der Waals surface area contributed by atoms with Crippen molar-refractivity contribution in [3.05, 3.63) is 6.33 Å². The molecular weight excluding hydrogens is 244 g/mol. The first kappa shape index (κ1) is 13.9. The summed E-state index contributed by atoms with van der Waals surface area (Å²) in [5.41, 5.74) is 0. The van der Waals surface area contributed by atoms with Crippen LogP contribution in [0.1, 0.15) is 19.8 Å². The topological polar surface area (TPSA) is 70.5 Å². The van der Waals surface area contributed by atoms with Gasteiger partial charge in [0, 0.05) is 20.1 Å². The zero-order valence-corrected chi connectivity index (χ0v) is 11.8. The fourth-order valence-electron chi connectivity index (χ4n) is 2.44. The van der Waals surface area contributed by atoms with E-state index < -0.39 is 0 Å². The van der Waals surface area contributed by atoms with Crippen LogP contribution < -0.4 is 15.0 Å². The smallest absolute Gasteiger partial charge is 0.204 e. The van der Waals surface area contributed by atoms with E-state index in [1.165, 1.54) is 0 Å². The Bertz CT molecular complexity index is 421. The van der Waals surface area contributed by atoms with Gasteiger partial charge in [0.25, 0.3) is 0 Å². The zero-order valence-electron chi connectivity index (χ0n) is 11.8. The molecule has 0 bridgehead atoms. The van der Waals surface area contributed by atoms with Gasteiger partial charge < -0.3 is 20.1 Å². The van der Waals surface area contributed by atoms with Gasteiger partial charge in [0.2, 0.25) is 5.75 Å². The molecule has 1 aliphatic carbocycles. The van der Waals surface area contributed by atoms with Gasteiger partial charge in [-0.05, 0) is 25.7 Å². The van der Waals surface area contributed by atoms with E-state index in [9.17, 15) is 5.11 Å². The molecule has 0 radical (unpaired) electrons. The molecule has 6 nitrogen and oxygen atoms in total. The van der Waals surface area contributed by atoms with Crippen molar-refractivity contribution < 1.29 is 9.84 Å². The van der Waals surface area contributed by atoms with E-state index in [0.29, 0.717) is 11.7 Å². The van der Waals surface area contributed by atoms with Gasteiger partial charge in [-0.2, -0.15) is 0 Å². The minimum atomic E-state index is -0.122. The number of rotatable bonds is 6. The van der Waals surface area contributed by atoms with E-state index in [1.807, 2.05) is 14.0 Å². The number of hydrogen-bond acceptors (Lipinski definition) is 6. The number of methoxy groups -OCH3 is 1. The predicted octanol–water partition coefficient (Wildman–Crippen LogP) is 1.12. The quantitative estimate of drug-likeness (QED) is 0.804. The summed E-state index contributed by atoms with van der Waals surface area (Å²) in [4.78, 5) is 10.6. The van der Waals surface area contributed by atoms with Crippen LogP contribution in [0.2, 0.25) is 0 Å². The molecule has 1 aromatic heterocycles. The van der Waals surface area contributed by atoms with Crippen LogP contribution in [0.4, 0.5) is 11.6 Å². The lowest BCUT2D eigenvalue weighted by molar-refractivity contribution is 0.0464. The van der Waals surface area contributed by atoms with Gasteiger partial charge in [-0.25, -0.2) is 9.97 Å². The third kappa shape index (κ3) is 3.07. The summed E-state index contributed by atoms with van der Waals surface area (Å²) < 4.78 is 5.43. The Hall–Kier alpha value is -1.56. The maximum absolute atomic E-state index is 9.34.